The van der Waals surface area contributed by atoms with E-state index in [1.165, 1.54) is 0 Å². The molecule has 0 spiro atoms. The summed E-state index contributed by atoms with van der Waals surface area (Å²) in [7, 11) is 2.94. The minimum Gasteiger partial charge on any atom is -0.352 e. The molecule has 0 saturated carbocycles. The lowest BCUT2D eigenvalue weighted by Gasteiger charge is -2.27. The van der Waals surface area contributed by atoms with Crippen molar-refractivity contribution in [2.24, 2.45) is 7.05 Å². The number of nitrogens with zero attached hydrogens (tertiary/aromatic N) is 5. The molecule has 0 N–H and O–H groups in total. The summed E-state index contributed by atoms with van der Waals surface area (Å²) in [5, 5.41) is 5.23. The standard InChI is InChI=1S/C17H21N5OS/c1-11(13-6-8-14(9-7-13)24(5)23)21(3)16-15-10-18-22(4)17(15)20-12(2)19-16/h6-11H,1-5H3/t11-,24+/m1/s1. The van der Waals surface area contributed by atoms with Crippen molar-refractivity contribution in [2.45, 2.75) is 24.8 Å². The second-order valence-corrected chi connectivity index (χ2v) is 7.29. The second kappa shape index (κ2) is 6.32. The summed E-state index contributed by atoms with van der Waals surface area (Å²) >= 11 is 0. The summed E-state index contributed by atoms with van der Waals surface area (Å²) in [4.78, 5) is 12.0. The number of rotatable bonds is 4. The summed E-state index contributed by atoms with van der Waals surface area (Å²) in [6, 6.07) is 7.99. The summed E-state index contributed by atoms with van der Waals surface area (Å²) in [6.45, 7) is 4.01. The van der Waals surface area contributed by atoms with Gasteiger partial charge in [-0.3, -0.25) is 8.89 Å². The van der Waals surface area contributed by atoms with E-state index in [4.69, 9.17) is 0 Å². The fourth-order valence-electron chi connectivity index (χ4n) is 2.73. The zero-order valence-corrected chi connectivity index (χ0v) is 15.3. The van der Waals surface area contributed by atoms with Crippen LogP contribution in [0, 0.1) is 6.92 Å². The first-order valence-corrected chi connectivity index (χ1v) is 9.27. The van der Waals surface area contributed by atoms with E-state index in [0.29, 0.717) is 0 Å². The zero-order chi connectivity index (χ0) is 17.4. The van der Waals surface area contributed by atoms with Crippen LogP contribution in [0.5, 0.6) is 0 Å². The number of hydrogen-bond acceptors (Lipinski definition) is 5. The van der Waals surface area contributed by atoms with Crippen molar-refractivity contribution in [2.75, 3.05) is 18.2 Å². The van der Waals surface area contributed by atoms with Crippen LogP contribution in [0.25, 0.3) is 11.0 Å². The molecule has 0 amide bonds. The van der Waals surface area contributed by atoms with E-state index >= 15 is 0 Å². The quantitative estimate of drug-likeness (QED) is 0.728. The highest BCUT2D eigenvalue weighted by molar-refractivity contribution is 7.84. The average Bonchev–Trinajstić information content (AvgIpc) is 2.94. The summed E-state index contributed by atoms with van der Waals surface area (Å²) < 4.78 is 13.3. The van der Waals surface area contributed by atoms with Gasteiger partial charge in [-0.2, -0.15) is 5.10 Å². The van der Waals surface area contributed by atoms with Crippen LogP contribution in [-0.4, -0.2) is 37.3 Å². The molecule has 2 atom stereocenters. The number of fused-ring (bicyclic) bond motifs is 1. The highest BCUT2D eigenvalue weighted by Crippen LogP contribution is 2.29. The number of aromatic nitrogens is 4. The second-order valence-electron chi connectivity index (χ2n) is 5.91. The van der Waals surface area contributed by atoms with Crippen LogP contribution in [0.3, 0.4) is 0 Å². The topological polar surface area (TPSA) is 63.9 Å². The van der Waals surface area contributed by atoms with Crippen molar-refractivity contribution in [1.29, 1.82) is 0 Å². The lowest BCUT2D eigenvalue weighted by atomic mass is 10.1. The van der Waals surface area contributed by atoms with Crippen LogP contribution >= 0.6 is 0 Å². The molecular formula is C17H21N5OS. The Morgan fingerprint density at radius 3 is 2.50 bits per heavy atom. The molecule has 7 heteroatoms. The van der Waals surface area contributed by atoms with Gasteiger partial charge < -0.3 is 4.90 Å². The van der Waals surface area contributed by atoms with Gasteiger partial charge in [0.1, 0.15) is 11.6 Å². The minimum absolute atomic E-state index is 0.113. The molecule has 126 valence electrons. The van der Waals surface area contributed by atoms with E-state index in [-0.39, 0.29) is 6.04 Å². The maximum absolute atomic E-state index is 11.5. The Morgan fingerprint density at radius 1 is 1.21 bits per heavy atom. The molecule has 0 saturated heterocycles. The third-order valence-electron chi connectivity index (χ3n) is 4.29. The van der Waals surface area contributed by atoms with Crippen LogP contribution < -0.4 is 4.90 Å². The predicted octanol–water partition coefficient (Wildman–Crippen LogP) is 2.61. The monoisotopic (exact) mass is 343 g/mol. The molecule has 3 aromatic rings. The van der Waals surface area contributed by atoms with E-state index in [1.54, 1.807) is 17.1 Å². The molecular weight excluding hydrogens is 322 g/mol. The minimum atomic E-state index is -0.961. The molecule has 0 fully saturated rings. The third kappa shape index (κ3) is 2.91. The SMILES string of the molecule is Cc1nc(N(C)[C@H](C)c2ccc([S@](C)=O)cc2)c2cnn(C)c2n1. The van der Waals surface area contributed by atoms with Gasteiger partial charge in [0.25, 0.3) is 0 Å². The van der Waals surface area contributed by atoms with Crippen LogP contribution in [0.1, 0.15) is 24.4 Å². The molecule has 0 aliphatic carbocycles. The molecule has 1 aromatic carbocycles. The first kappa shape index (κ1) is 16.6. The van der Waals surface area contributed by atoms with Crippen LogP contribution in [0.15, 0.2) is 35.4 Å². The van der Waals surface area contributed by atoms with Gasteiger partial charge in [0.05, 0.1) is 17.6 Å². The summed E-state index contributed by atoms with van der Waals surface area (Å²) in [5.41, 5.74) is 1.97. The molecule has 24 heavy (non-hydrogen) atoms. The Kier molecular flexibility index (Phi) is 4.36. The number of benzene rings is 1. The predicted molar refractivity (Wildman–Crippen MR) is 96.6 cm³/mol. The highest BCUT2D eigenvalue weighted by Gasteiger charge is 2.19. The average molecular weight is 343 g/mol. The van der Waals surface area contributed by atoms with E-state index in [1.807, 2.05) is 45.3 Å². The first-order valence-electron chi connectivity index (χ1n) is 7.71. The maximum atomic E-state index is 11.5. The van der Waals surface area contributed by atoms with Gasteiger partial charge in [-0.05, 0) is 31.5 Å². The van der Waals surface area contributed by atoms with Gasteiger partial charge in [0, 0.05) is 36.0 Å². The Labute approximate surface area is 144 Å². The van der Waals surface area contributed by atoms with E-state index in [9.17, 15) is 4.21 Å². The molecule has 0 aliphatic heterocycles. The van der Waals surface area contributed by atoms with Crippen LogP contribution in [0.2, 0.25) is 0 Å². The van der Waals surface area contributed by atoms with Gasteiger partial charge in [0.15, 0.2) is 5.65 Å². The molecule has 2 aromatic heterocycles. The Balaban J connectivity index is 1.99. The van der Waals surface area contributed by atoms with Crippen molar-refractivity contribution < 1.29 is 4.21 Å². The van der Waals surface area contributed by atoms with Crippen LogP contribution in [0.4, 0.5) is 5.82 Å². The van der Waals surface area contributed by atoms with Crippen molar-refractivity contribution in [3.05, 3.63) is 41.9 Å². The smallest absolute Gasteiger partial charge is 0.163 e. The van der Waals surface area contributed by atoms with E-state index < -0.39 is 10.8 Å². The molecule has 2 heterocycles. The Hall–Kier alpha value is -2.28. The molecule has 0 bridgehead atoms. The molecule has 0 radical (unpaired) electrons. The molecule has 3 rings (SSSR count). The van der Waals surface area contributed by atoms with Crippen molar-refractivity contribution in [3.63, 3.8) is 0 Å². The number of aryl methyl sites for hydroxylation is 2. The Morgan fingerprint density at radius 2 is 1.88 bits per heavy atom. The maximum Gasteiger partial charge on any atom is 0.163 e. The molecule has 0 unspecified atom stereocenters. The largest absolute Gasteiger partial charge is 0.352 e. The first-order chi connectivity index (χ1) is 11.4. The third-order valence-corrected chi connectivity index (χ3v) is 5.23. The van der Waals surface area contributed by atoms with Gasteiger partial charge in [-0.15, -0.1) is 0 Å². The summed E-state index contributed by atoms with van der Waals surface area (Å²) in [6.07, 6.45) is 3.49. The van der Waals surface area contributed by atoms with Crippen LogP contribution in [-0.2, 0) is 17.8 Å². The van der Waals surface area contributed by atoms with E-state index in [0.717, 1.165) is 33.1 Å². The number of hydrogen-bond donors (Lipinski definition) is 0. The van der Waals surface area contributed by atoms with Crippen molar-refractivity contribution in [1.82, 2.24) is 19.7 Å². The van der Waals surface area contributed by atoms with Crippen molar-refractivity contribution in [3.8, 4) is 0 Å². The molecule has 0 aliphatic rings. The van der Waals surface area contributed by atoms with Gasteiger partial charge in [-0.25, -0.2) is 9.97 Å². The fraction of sp³-hybridized carbons (Fsp3) is 0.353. The van der Waals surface area contributed by atoms with Gasteiger partial charge in [0.2, 0.25) is 0 Å². The van der Waals surface area contributed by atoms with Crippen molar-refractivity contribution >= 4 is 27.7 Å². The summed E-state index contributed by atoms with van der Waals surface area (Å²) in [5.74, 6) is 1.58. The lowest BCUT2D eigenvalue weighted by Crippen LogP contribution is -2.23. The Bertz CT molecular complexity index is 903. The van der Waals surface area contributed by atoms with Gasteiger partial charge in [-0.1, -0.05) is 12.1 Å². The fourth-order valence-corrected chi connectivity index (χ4v) is 3.25. The normalized spacial score (nSPS) is 13.9. The zero-order valence-electron chi connectivity index (χ0n) is 14.5. The van der Waals surface area contributed by atoms with E-state index in [2.05, 4.69) is 26.9 Å². The lowest BCUT2D eigenvalue weighted by molar-refractivity contribution is 0.686. The molecule has 6 nitrogen and oxygen atoms in total. The highest BCUT2D eigenvalue weighted by atomic mass is 32.2. The number of anilines is 1. The van der Waals surface area contributed by atoms with Gasteiger partial charge >= 0.3 is 0 Å².